The third-order valence-electron chi connectivity index (χ3n) is 2.94. The molecule has 100 valence electrons. The van der Waals surface area contributed by atoms with Crippen molar-refractivity contribution in [2.75, 3.05) is 7.11 Å². The number of aromatic nitrogens is 2. The van der Waals surface area contributed by atoms with E-state index >= 15 is 0 Å². The van der Waals surface area contributed by atoms with E-state index in [0.29, 0.717) is 12.3 Å². The maximum Gasteiger partial charge on any atom is 0.492 e. The first kappa shape index (κ1) is 13.4. The van der Waals surface area contributed by atoms with Crippen molar-refractivity contribution in [2.45, 2.75) is 6.54 Å². The Labute approximate surface area is 110 Å². The number of rotatable bonds is 4. The number of nitrogens with zero attached hydrogens (tertiary/aromatic N) is 2. The van der Waals surface area contributed by atoms with E-state index in [1.54, 1.807) is 37.6 Å². The van der Waals surface area contributed by atoms with Crippen LogP contribution >= 0.6 is 0 Å². The zero-order valence-electron chi connectivity index (χ0n) is 10.8. The SMILES string of the molecule is COc1ccc(Cn2ccn(C)c2=O)cc1B(O)O. The lowest BCUT2D eigenvalue weighted by molar-refractivity contribution is 0.403. The van der Waals surface area contributed by atoms with Crippen LogP contribution in [0.1, 0.15) is 5.56 Å². The molecule has 0 aliphatic carbocycles. The van der Waals surface area contributed by atoms with Gasteiger partial charge in [-0.05, 0) is 11.6 Å². The summed E-state index contributed by atoms with van der Waals surface area (Å²) in [5.41, 5.74) is 0.947. The van der Waals surface area contributed by atoms with Crippen LogP contribution in [0, 0.1) is 0 Å². The van der Waals surface area contributed by atoms with E-state index in [0.717, 1.165) is 5.56 Å². The molecule has 1 aromatic carbocycles. The van der Waals surface area contributed by atoms with Gasteiger partial charge in [-0.25, -0.2) is 4.79 Å². The second-order valence-electron chi connectivity index (χ2n) is 4.27. The fourth-order valence-corrected chi connectivity index (χ4v) is 1.91. The first-order chi connectivity index (χ1) is 9.02. The van der Waals surface area contributed by atoms with Gasteiger partial charge in [-0.3, -0.25) is 4.57 Å². The maximum atomic E-state index is 11.7. The van der Waals surface area contributed by atoms with Crippen molar-refractivity contribution in [3.8, 4) is 5.75 Å². The lowest BCUT2D eigenvalue weighted by atomic mass is 9.78. The quantitative estimate of drug-likeness (QED) is 0.687. The number of hydrogen-bond donors (Lipinski definition) is 2. The summed E-state index contributed by atoms with van der Waals surface area (Å²) in [5, 5.41) is 18.6. The number of methoxy groups -OCH3 is 1. The molecule has 0 saturated carbocycles. The molecule has 0 amide bonds. The molecule has 2 aromatic rings. The van der Waals surface area contributed by atoms with Gasteiger partial charge in [0.15, 0.2) is 0 Å². The van der Waals surface area contributed by atoms with E-state index in [1.165, 1.54) is 16.2 Å². The van der Waals surface area contributed by atoms with Crippen LogP contribution < -0.4 is 15.9 Å². The second-order valence-corrected chi connectivity index (χ2v) is 4.27. The molecule has 1 heterocycles. The van der Waals surface area contributed by atoms with Crippen LogP contribution in [-0.2, 0) is 13.6 Å². The number of aryl methyl sites for hydroxylation is 1. The molecule has 0 aliphatic heterocycles. The molecule has 0 fully saturated rings. The van der Waals surface area contributed by atoms with Crippen LogP contribution in [0.2, 0.25) is 0 Å². The minimum Gasteiger partial charge on any atom is -0.497 e. The summed E-state index contributed by atoms with van der Waals surface area (Å²) in [7, 11) is 1.53. The monoisotopic (exact) mass is 262 g/mol. The zero-order chi connectivity index (χ0) is 14.0. The average molecular weight is 262 g/mol. The molecule has 0 atom stereocenters. The molecule has 7 heteroatoms. The molecule has 0 bridgehead atoms. The summed E-state index contributed by atoms with van der Waals surface area (Å²) in [6.45, 7) is 0.364. The van der Waals surface area contributed by atoms with Crippen LogP contribution in [0.3, 0.4) is 0 Å². The molecule has 0 radical (unpaired) electrons. The standard InChI is InChI=1S/C12H15BN2O4/c1-14-5-6-15(12(14)16)8-9-3-4-11(19-2)10(7-9)13(17)18/h3-7,17-18H,8H2,1-2H3. The largest absolute Gasteiger partial charge is 0.497 e. The van der Waals surface area contributed by atoms with Gasteiger partial charge in [0.25, 0.3) is 0 Å². The Hall–Kier alpha value is -1.99. The lowest BCUT2D eigenvalue weighted by Crippen LogP contribution is -2.32. The Morgan fingerprint density at radius 3 is 2.58 bits per heavy atom. The van der Waals surface area contributed by atoms with Crippen LogP contribution in [0.25, 0.3) is 0 Å². The van der Waals surface area contributed by atoms with Crippen LogP contribution in [0.5, 0.6) is 5.75 Å². The van der Waals surface area contributed by atoms with Crippen molar-refractivity contribution in [2.24, 2.45) is 7.05 Å². The summed E-state index contributed by atoms with van der Waals surface area (Å²) in [4.78, 5) is 11.7. The summed E-state index contributed by atoms with van der Waals surface area (Å²) in [6.07, 6.45) is 3.36. The van der Waals surface area contributed by atoms with E-state index in [2.05, 4.69) is 0 Å². The predicted octanol–water partition coefficient (Wildman–Crippen LogP) is -1.08. The number of imidazole rings is 1. The van der Waals surface area contributed by atoms with E-state index in [9.17, 15) is 14.8 Å². The van der Waals surface area contributed by atoms with Gasteiger partial charge in [0, 0.05) is 24.9 Å². The molecule has 0 spiro atoms. The van der Waals surface area contributed by atoms with Gasteiger partial charge in [-0.1, -0.05) is 12.1 Å². The molecule has 0 saturated heterocycles. The molecule has 1 aromatic heterocycles. The summed E-state index contributed by atoms with van der Waals surface area (Å²) < 4.78 is 8.06. The van der Waals surface area contributed by atoms with Crippen LogP contribution in [0.4, 0.5) is 0 Å². The van der Waals surface area contributed by atoms with E-state index in [1.807, 2.05) is 0 Å². The van der Waals surface area contributed by atoms with Crippen molar-refractivity contribution in [3.05, 3.63) is 46.6 Å². The smallest absolute Gasteiger partial charge is 0.492 e. The van der Waals surface area contributed by atoms with Crippen molar-refractivity contribution < 1.29 is 14.8 Å². The molecular formula is C12H15BN2O4. The first-order valence-electron chi connectivity index (χ1n) is 5.77. The van der Waals surface area contributed by atoms with E-state index in [-0.39, 0.29) is 11.2 Å². The average Bonchev–Trinajstić information content (AvgIpc) is 2.70. The molecule has 2 rings (SSSR count). The Morgan fingerprint density at radius 2 is 2.05 bits per heavy atom. The van der Waals surface area contributed by atoms with Crippen molar-refractivity contribution in [1.82, 2.24) is 9.13 Å². The predicted molar refractivity (Wildman–Crippen MR) is 71.6 cm³/mol. The molecular weight excluding hydrogens is 247 g/mol. The molecule has 6 nitrogen and oxygen atoms in total. The maximum absolute atomic E-state index is 11.7. The van der Waals surface area contributed by atoms with E-state index in [4.69, 9.17) is 4.74 Å². The zero-order valence-corrected chi connectivity index (χ0v) is 10.8. The topological polar surface area (TPSA) is 76.6 Å². The highest BCUT2D eigenvalue weighted by Gasteiger charge is 2.17. The Balaban J connectivity index is 2.34. The van der Waals surface area contributed by atoms with Gasteiger partial charge >= 0.3 is 12.8 Å². The highest BCUT2D eigenvalue weighted by molar-refractivity contribution is 6.59. The normalized spacial score (nSPS) is 10.5. The summed E-state index contributed by atoms with van der Waals surface area (Å²) in [5.74, 6) is 0.402. The molecule has 19 heavy (non-hydrogen) atoms. The summed E-state index contributed by atoms with van der Waals surface area (Å²) in [6, 6.07) is 5.05. The summed E-state index contributed by atoms with van der Waals surface area (Å²) >= 11 is 0. The third kappa shape index (κ3) is 2.72. The fourth-order valence-electron chi connectivity index (χ4n) is 1.91. The number of ether oxygens (including phenoxy) is 1. The van der Waals surface area contributed by atoms with Crippen molar-refractivity contribution in [3.63, 3.8) is 0 Å². The van der Waals surface area contributed by atoms with Gasteiger partial charge in [0.05, 0.1) is 13.7 Å². The van der Waals surface area contributed by atoms with Gasteiger partial charge in [0.2, 0.25) is 0 Å². The van der Waals surface area contributed by atoms with Gasteiger partial charge in [-0.15, -0.1) is 0 Å². The Morgan fingerprint density at radius 1 is 1.32 bits per heavy atom. The van der Waals surface area contributed by atoms with Crippen molar-refractivity contribution >= 4 is 12.6 Å². The molecule has 2 N–H and O–H groups in total. The van der Waals surface area contributed by atoms with Gasteiger partial charge in [0.1, 0.15) is 5.75 Å². The lowest BCUT2D eigenvalue weighted by Gasteiger charge is -2.10. The highest BCUT2D eigenvalue weighted by atomic mass is 16.5. The Bertz CT molecular complexity index is 633. The molecule has 0 unspecified atom stereocenters. The number of hydrogen-bond acceptors (Lipinski definition) is 4. The molecule has 0 aliphatic rings. The minimum atomic E-state index is -1.61. The van der Waals surface area contributed by atoms with Crippen molar-refractivity contribution in [1.29, 1.82) is 0 Å². The minimum absolute atomic E-state index is 0.123. The second kappa shape index (κ2) is 5.33. The Kier molecular flexibility index (Phi) is 3.78. The van der Waals surface area contributed by atoms with E-state index < -0.39 is 7.12 Å². The number of benzene rings is 1. The fraction of sp³-hybridized carbons (Fsp3) is 0.250. The van der Waals surface area contributed by atoms with Gasteiger partial charge in [-0.2, -0.15) is 0 Å². The third-order valence-corrected chi connectivity index (χ3v) is 2.94. The highest BCUT2D eigenvalue weighted by Crippen LogP contribution is 2.10. The van der Waals surface area contributed by atoms with Crippen LogP contribution in [-0.4, -0.2) is 33.4 Å². The van der Waals surface area contributed by atoms with Crippen LogP contribution in [0.15, 0.2) is 35.4 Å². The van der Waals surface area contributed by atoms with Gasteiger partial charge < -0.3 is 19.4 Å². The first-order valence-corrected chi connectivity index (χ1v) is 5.77.